The summed E-state index contributed by atoms with van der Waals surface area (Å²) >= 11 is 9.48. The zero-order chi connectivity index (χ0) is 12.5. The van der Waals surface area contributed by atoms with Crippen molar-refractivity contribution < 1.29 is 0 Å². The summed E-state index contributed by atoms with van der Waals surface area (Å²) < 4.78 is 1.14. The Morgan fingerprint density at radius 3 is 3.00 bits per heavy atom. The number of nitrogens with zero attached hydrogens (tertiary/aromatic N) is 2. The number of nitrogens with one attached hydrogen (secondary N) is 1. The molecule has 0 bridgehead atoms. The van der Waals surface area contributed by atoms with Gasteiger partial charge in [-0.2, -0.15) is 0 Å². The van der Waals surface area contributed by atoms with Gasteiger partial charge < -0.3 is 5.32 Å². The number of aryl methyl sites for hydroxylation is 1. The molecule has 0 saturated heterocycles. The van der Waals surface area contributed by atoms with Crippen LogP contribution in [0.5, 0.6) is 0 Å². The standard InChI is InChI=1S/C12H10ClN3S2/c1-7-5-17-10(16-7)4-14-11-8(13)2-3-9-12(11)15-6-18-9/h2-3,5-6,14H,4H2,1H3. The van der Waals surface area contributed by atoms with Gasteiger partial charge in [-0.05, 0) is 19.1 Å². The van der Waals surface area contributed by atoms with Gasteiger partial charge in [0, 0.05) is 11.1 Å². The molecule has 0 spiro atoms. The maximum atomic E-state index is 6.22. The van der Waals surface area contributed by atoms with Gasteiger partial charge >= 0.3 is 0 Å². The van der Waals surface area contributed by atoms with Crippen LogP contribution in [0, 0.1) is 6.92 Å². The van der Waals surface area contributed by atoms with Crippen LogP contribution < -0.4 is 5.32 Å². The van der Waals surface area contributed by atoms with Gasteiger partial charge in [0.2, 0.25) is 0 Å². The molecule has 0 aliphatic carbocycles. The van der Waals surface area contributed by atoms with Crippen LogP contribution in [0.15, 0.2) is 23.0 Å². The maximum Gasteiger partial charge on any atom is 0.112 e. The van der Waals surface area contributed by atoms with Crippen molar-refractivity contribution in [1.29, 1.82) is 0 Å². The summed E-state index contributed by atoms with van der Waals surface area (Å²) in [6.45, 7) is 2.67. The quantitative estimate of drug-likeness (QED) is 0.781. The van der Waals surface area contributed by atoms with Gasteiger partial charge in [0.25, 0.3) is 0 Å². The van der Waals surface area contributed by atoms with E-state index in [1.165, 1.54) is 0 Å². The van der Waals surface area contributed by atoms with E-state index in [-0.39, 0.29) is 0 Å². The first-order valence-corrected chi connectivity index (χ1v) is 7.54. The number of fused-ring (bicyclic) bond motifs is 1. The fourth-order valence-electron chi connectivity index (χ4n) is 1.72. The molecule has 0 radical (unpaired) electrons. The molecule has 2 aromatic heterocycles. The van der Waals surface area contributed by atoms with Gasteiger partial charge in [0.15, 0.2) is 0 Å². The molecule has 0 fully saturated rings. The molecule has 3 rings (SSSR count). The van der Waals surface area contributed by atoms with E-state index in [4.69, 9.17) is 11.6 Å². The van der Waals surface area contributed by atoms with Crippen molar-refractivity contribution in [2.45, 2.75) is 13.5 Å². The van der Waals surface area contributed by atoms with Crippen molar-refractivity contribution in [1.82, 2.24) is 9.97 Å². The first-order chi connectivity index (χ1) is 8.74. The Hall–Kier alpha value is -1.17. The van der Waals surface area contributed by atoms with E-state index in [0.717, 1.165) is 26.6 Å². The second-order valence-electron chi connectivity index (χ2n) is 3.86. The molecule has 0 amide bonds. The first kappa shape index (κ1) is 11.9. The summed E-state index contributed by atoms with van der Waals surface area (Å²) in [5, 5.41) is 7.12. The third-order valence-electron chi connectivity index (χ3n) is 2.53. The van der Waals surface area contributed by atoms with Crippen molar-refractivity contribution in [3.8, 4) is 0 Å². The number of hydrogen-bond donors (Lipinski definition) is 1. The summed E-state index contributed by atoms with van der Waals surface area (Å²) in [4.78, 5) is 8.77. The van der Waals surface area contributed by atoms with Gasteiger partial charge in [-0.3, -0.25) is 0 Å². The lowest BCUT2D eigenvalue weighted by atomic mass is 10.3. The summed E-state index contributed by atoms with van der Waals surface area (Å²) in [5.74, 6) is 0. The molecule has 3 nitrogen and oxygen atoms in total. The van der Waals surface area contributed by atoms with Crippen LogP contribution in [0.1, 0.15) is 10.7 Å². The van der Waals surface area contributed by atoms with E-state index in [1.807, 2.05) is 29.9 Å². The number of halogens is 1. The molecule has 3 aromatic rings. The summed E-state index contributed by atoms with van der Waals surface area (Å²) in [6.07, 6.45) is 0. The Balaban J connectivity index is 1.89. The Bertz CT molecular complexity index is 690. The summed E-state index contributed by atoms with van der Waals surface area (Å²) in [6, 6.07) is 3.89. The monoisotopic (exact) mass is 295 g/mol. The smallest absolute Gasteiger partial charge is 0.112 e. The molecule has 2 heterocycles. The molecule has 0 atom stereocenters. The molecule has 1 N–H and O–H groups in total. The van der Waals surface area contributed by atoms with E-state index < -0.39 is 0 Å². The first-order valence-electron chi connectivity index (χ1n) is 5.40. The molecule has 92 valence electrons. The van der Waals surface area contributed by atoms with Gasteiger partial charge in [0.1, 0.15) is 10.5 Å². The van der Waals surface area contributed by atoms with Crippen molar-refractivity contribution in [2.75, 3.05) is 5.32 Å². The highest BCUT2D eigenvalue weighted by Gasteiger charge is 2.09. The van der Waals surface area contributed by atoms with E-state index in [0.29, 0.717) is 11.6 Å². The highest BCUT2D eigenvalue weighted by molar-refractivity contribution is 7.16. The number of anilines is 1. The highest BCUT2D eigenvalue weighted by atomic mass is 35.5. The summed E-state index contributed by atoms with van der Waals surface area (Å²) in [5.41, 5.74) is 4.71. The lowest BCUT2D eigenvalue weighted by molar-refractivity contribution is 1.08. The van der Waals surface area contributed by atoms with Crippen molar-refractivity contribution in [3.63, 3.8) is 0 Å². The van der Waals surface area contributed by atoms with Gasteiger partial charge in [-0.15, -0.1) is 22.7 Å². The van der Waals surface area contributed by atoms with Crippen LogP contribution in [-0.2, 0) is 6.54 Å². The number of hydrogen-bond acceptors (Lipinski definition) is 5. The third-order valence-corrected chi connectivity index (χ3v) is 4.61. The van der Waals surface area contributed by atoms with Crippen LogP contribution in [0.3, 0.4) is 0 Å². The molecule has 1 aromatic carbocycles. The minimum atomic E-state index is 0.675. The Kier molecular flexibility index (Phi) is 3.20. The third kappa shape index (κ3) is 2.21. The predicted octanol–water partition coefficient (Wildman–Crippen LogP) is 4.33. The molecular weight excluding hydrogens is 286 g/mol. The van der Waals surface area contributed by atoms with E-state index in [9.17, 15) is 0 Å². The molecule has 0 unspecified atom stereocenters. The molecule has 0 saturated carbocycles. The van der Waals surface area contributed by atoms with Crippen LogP contribution in [-0.4, -0.2) is 9.97 Å². The van der Waals surface area contributed by atoms with Crippen molar-refractivity contribution in [2.24, 2.45) is 0 Å². The lowest BCUT2D eigenvalue weighted by Gasteiger charge is -2.07. The lowest BCUT2D eigenvalue weighted by Crippen LogP contribution is -2.00. The Morgan fingerprint density at radius 1 is 1.33 bits per heavy atom. The average Bonchev–Trinajstić information content (AvgIpc) is 2.96. The van der Waals surface area contributed by atoms with Crippen molar-refractivity contribution >= 4 is 50.2 Å². The molecule has 0 aliphatic heterocycles. The fourth-order valence-corrected chi connectivity index (χ4v) is 3.34. The van der Waals surface area contributed by atoms with Crippen LogP contribution in [0.2, 0.25) is 5.02 Å². The zero-order valence-electron chi connectivity index (χ0n) is 9.61. The van der Waals surface area contributed by atoms with Gasteiger partial charge in [0.05, 0.1) is 27.5 Å². The number of thiazole rings is 2. The highest BCUT2D eigenvalue weighted by Crippen LogP contribution is 2.32. The van der Waals surface area contributed by atoms with Crippen LogP contribution >= 0.6 is 34.3 Å². The topological polar surface area (TPSA) is 37.8 Å². The predicted molar refractivity (Wildman–Crippen MR) is 78.8 cm³/mol. The average molecular weight is 296 g/mol. The normalized spacial score (nSPS) is 11.0. The largest absolute Gasteiger partial charge is 0.376 e. The number of benzene rings is 1. The Labute approximate surface area is 117 Å². The van der Waals surface area contributed by atoms with Gasteiger partial charge in [-0.25, -0.2) is 9.97 Å². The molecular formula is C12H10ClN3S2. The minimum absolute atomic E-state index is 0.675. The summed E-state index contributed by atoms with van der Waals surface area (Å²) in [7, 11) is 0. The van der Waals surface area contributed by atoms with E-state index >= 15 is 0 Å². The Morgan fingerprint density at radius 2 is 2.22 bits per heavy atom. The maximum absolute atomic E-state index is 6.22. The fraction of sp³-hybridized carbons (Fsp3) is 0.167. The zero-order valence-corrected chi connectivity index (χ0v) is 12.0. The minimum Gasteiger partial charge on any atom is -0.376 e. The van der Waals surface area contributed by atoms with E-state index in [2.05, 4.69) is 15.3 Å². The van der Waals surface area contributed by atoms with Crippen LogP contribution in [0.25, 0.3) is 10.2 Å². The number of rotatable bonds is 3. The van der Waals surface area contributed by atoms with E-state index in [1.54, 1.807) is 22.7 Å². The SMILES string of the molecule is Cc1csc(CNc2c(Cl)ccc3scnc23)n1. The second kappa shape index (κ2) is 4.84. The molecule has 6 heteroatoms. The molecule has 18 heavy (non-hydrogen) atoms. The van der Waals surface area contributed by atoms with Gasteiger partial charge in [-0.1, -0.05) is 11.6 Å². The second-order valence-corrected chi connectivity index (χ2v) is 6.09. The van der Waals surface area contributed by atoms with Crippen LogP contribution in [0.4, 0.5) is 5.69 Å². The molecule has 0 aliphatic rings. The number of aromatic nitrogens is 2. The van der Waals surface area contributed by atoms with Crippen molar-refractivity contribution in [3.05, 3.63) is 38.7 Å².